The molecule has 0 aliphatic heterocycles. The Bertz CT molecular complexity index is 3180. The molecule has 0 amide bonds. The van der Waals surface area contributed by atoms with E-state index in [2.05, 4.69) is 149 Å². The van der Waals surface area contributed by atoms with Gasteiger partial charge in [0.25, 0.3) is 0 Å². The van der Waals surface area contributed by atoms with Crippen molar-refractivity contribution in [3.05, 3.63) is 200 Å². The quantitative estimate of drug-likeness (QED) is 0.172. The molecular weight excluding hydrogens is 683 g/mol. The number of rotatable bonds is 6. The van der Waals surface area contributed by atoms with Crippen molar-refractivity contribution in [2.75, 3.05) is 0 Å². The van der Waals surface area contributed by atoms with Gasteiger partial charge in [0.15, 0.2) is 17.5 Å². The molecule has 11 rings (SSSR count). The van der Waals surface area contributed by atoms with Crippen molar-refractivity contribution in [3.63, 3.8) is 0 Å². The van der Waals surface area contributed by atoms with Crippen molar-refractivity contribution in [1.82, 2.24) is 24.1 Å². The summed E-state index contributed by atoms with van der Waals surface area (Å²) in [6, 6.07) is 70.4. The first-order valence-corrected chi connectivity index (χ1v) is 18.9. The molecule has 5 nitrogen and oxygen atoms in total. The SMILES string of the molecule is c1ccc(-c2cccc(-n3c4ccccc4c4c3ccc3c5ccccc5n(-c5cccc(-c6nc(-c7ccccc7)nc(-c7ccccc7)n6)c5)c34)c2)cc1. The zero-order valence-electron chi connectivity index (χ0n) is 30.3. The molecule has 0 saturated carbocycles. The number of fused-ring (bicyclic) bond motifs is 7. The summed E-state index contributed by atoms with van der Waals surface area (Å²) in [7, 11) is 0. The minimum absolute atomic E-state index is 0.625. The van der Waals surface area contributed by atoms with Crippen LogP contribution in [0, 0.1) is 0 Å². The summed E-state index contributed by atoms with van der Waals surface area (Å²) in [6.45, 7) is 0. The normalized spacial score (nSPS) is 11.6. The highest BCUT2D eigenvalue weighted by Gasteiger charge is 2.21. The molecular formula is C51H33N5. The standard InChI is InChI=1S/C51H33N5/c1-4-16-34(17-5-1)37-22-14-24-39(32-37)55-45-29-13-11-27-43(45)47-46(55)31-30-42-41-26-10-12-28-44(41)56(48(42)47)40-25-15-23-38(33-40)51-53-49(35-18-6-2-7-19-35)52-50(54-51)36-20-8-3-9-21-36/h1-33H. The molecule has 0 unspecified atom stereocenters. The predicted octanol–water partition coefficient (Wildman–Crippen LogP) is 12.7. The van der Waals surface area contributed by atoms with Gasteiger partial charge in [-0.05, 0) is 53.6 Å². The summed E-state index contributed by atoms with van der Waals surface area (Å²) in [5.41, 5.74) is 12.0. The van der Waals surface area contributed by atoms with E-state index in [-0.39, 0.29) is 0 Å². The van der Waals surface area contributed by atoms with E-state index in [0.717, 1.165) is 44.6 Å². The van der Waals surface area contributed by atoms with Gasteiger partial charge >= 0.3 is 0 Å². The van der Waals surface area contributed by atoms with Crippen LogP contribution in [0.3, 0.4) is 0 Å². The maximum absolute atomic E-state index is 5.07. The Morgan fingerprint density at radius 3 is 1.39 bits per heavy atom. The summed E-state index contributed by atoms with van der Waals surface area (Å²) >= 11 is 0. The molecule has 0 atom stereocenters. The lowest BCUT2D eigenvalue weighted by Crippen LogP contribution is -2.01. The van der Waals surface area contributed by atoms with Gasteiger partial charge in [-0.3, -0.25) is 0 Å². The van der Waals surface area contributed by atoms with Gasteiger partial charge in [-0.2, -0.15) is 0 Å². The molecule has 56 heavy (non-hydrogen) atoms. The van der Waals surface area contributed by atoms with Crippen LogP contribution in [0.2, 0.25) is 0 Å². The van der Waals surface area contributed by atoms with Gasteiger partial charge in [0.1, 0.15) is 0 Å². The molecule has 8 aromatic carbocycles. The van der Waals surface area contributed by atoms with Gasteiger partial charge < -0.3 is 9.13 Å². The molecule has 5 heteroatoms. The number of hydrogen-bond donors (Lipinski definition) is 0. The van der Waals surface area contributed by atoms with Crippen molar-refractivity contribution >= 4 is 43.6 Å². The number of para-hydroxylation sites is 2. The average molecular weight is 716 g/mol. The fourth-order valence-corrected chi connectivity index (χ4v) is 8.23. The summed E-state index contributed by atoms with van der Waals surface area (Å²) in [5, 5.41) is 4.83. The molecule has 0 radical (unpaired) electrons. The van der Waals surface area contributed by atoms with E-state index in [1.165, 1.54) is 38.2 Å². The maximum Gasteiger partial charge on any atom is 0.164 e. The lowest BCUT2D eigenvalue weighted by Gasteiger charge is -2.12. The predicted molar refractivity (Wildman–Crippen MR) is 230 cm³/mol. The van der Waals surface area contributed by atoms with Crippen LogP contribution in [0.4, 0.5) is 0 Å². The van der Waals surface area contributed by atoms with Crippen molar-refractivity contribution in [2.45, 2.75) is 0 Å². The molecule has 11 aromatic rings. The van der Waals surface area contributed by atoms with E-state index in [1.54, 1.807) is 0 Å². The first-order chi connectivity index (χ1) is 27.8. The molecule has 0 aliphatic carbocycles. The molecule has 3 heterocycles. The largest absolute Gasteiger partial charge is 0.309 e. The van der Waals surface area contributed by atoms with E-state index in [1.807, 2.05) is 60.7 Å². The van der Waals surface area contributed by atoms with Crippen LogP contribution in [0.15, 0.2) is 200 Å². The van der Waals surface area contributed by atoms with Crippen LogP contribution in [-0.4, -0.2) is 24.1 Å². The van der Waals surface area contributed by atoms with Crippen LogP contribution in [0.25, 0.3) is 100 Å². The monoisotopic (exact) mass is 715 g/mol. The molecule has 0 fully saturated rings. The zero-order valence-corrected chi connectivity index (χ0v) is 30.3. The number of nitrogens with zero attached hydrogens (tertiary/aromatic N) is 5. The fourth-order valence-electron chi connectivity index (χ4n) is 8.23. The topological polar surface area (TPSA) is 48.5 Å². The third-order valence-electron chi connectivity index (χ3n) is 10.7. The highest BCUT2D eigenvalue weighted by atomic mass is 15.0. The van der Waals surface area contributed by atoms with E-state index < -0.39 is 0 Å². The first kappa shape index (κ1) is 31.9. The third-order valence-corrected chi connectivity index (χ3v) is 10.7. The van der Waals surface area contributed by atoms with Crippen LogP contribution in [0.1, 0.15) is 0 Å². The zero-order chi connectivity index (χ0) is 37.0. The van der Waals surface area contributed by atoms with Gasteiger partial charge in [-0.25, -0.2) is 15.0 Å². The Kier molecular flexibility index (Phi) is 7.42. The number of aromatic nitrogens is 5. The van der Waals surface area contributed by atoms with Gasteiger partial charge in [0.05, 0.1) is 22.1 Å². The second-order valence-corrected chi connectivity index (χ2v) is 14.1. The van der Waals surface area contributed by atoms with E-state index in [9.17, 15) is 0 Å². The van der Waals surface area contributed by atoms with Gasteiger partial charge in [-0.1, -0.05) is 158 Å². The minimum Gasteiger partial charge on any atom is -0.309 e. The molecule has 0 N–H and O–H groups in total. The summed E-state index contributed by atoms with van der Waals surface area (Å²) in [6.07, 6.45) is 0. The Labute approximate surface area is 323 Å². The summed E-state index contributed by atoms with van der Waals surface area (Å²) in [5.74, 6) is 1.91. The average Bonchev–Trinajstić information content (AvgIpc) is 3.80. The molecule has 262 valence electrons. The van der Waals surface area contributed by atoms with Crippen molar-refractivity contribution in [1.29, 1.82) is 0 Å². The minimum atomic E-state index is 0.625. The van der Waals surface area contributed by atoms with E-state index in [4.69, 9.17) is 15.0 Å². The summed E-state index contributed by atoms with van der Waals surface area (Å²) < 4.78 is 4.83. The molecule has 0 saturated heterocycles. The molecule has 0 aliphatic rings. The van der Waals surface area contributed by atoms with Crippen LogP contribution < -0.4 is 0 Å². The number of hydrogen-bond acceptors (Lipinski definition) is 3. The number of benzene rings is 8. The Morgan fingerprint density at radius 2 is 0.750 bits per heavy atom. The second kappa shape index (κ2) is 13.0. The van der Waals surface area contributed by atoms with Crippen molar-refractivity contribution in [3.8, 4) is 56.7 Å². The molecule has 0 spiro atoms. The smallest absolute Gasteiger partial charge is 0.164 e. The fraction of sp³-hybridized carbons (Fsp3) is 0. The van der Waals surface area contributed by atoms with Gasteiger partial charge in [0.2, 0.25) is 0 Å². The third kappa shape index (κ3) is 5.21. The lowest BCUT2D eigenvalue weighted by atomic mass is 10.1. The van der Waals surface area contributed by atoms with Gasteiger partial charge in [0, 0.05) is 49.6 Å². The highest BCUT2D eigenvalue weighted by Crippen LogP contribution is 2.42. The molecule has 3 aromatic heterocycles. The Morgan fingerprint density at radius 1 is 0.286 bits per heavy atom. The highest BCUT2D eigenvalue weighted by molar-refractivity contribution is 6.26. The van der Waals surface area contributed by atoms with E-state index >= 15 is 0 Å². The summed E-state index contributed by atoms with van der Waals surface area (Å²) in [4.78, 5) is 15.1. The van der Waals surface area contributed by atoms with Crippen LogP contribution in [-0.2, 0) is 0 Å². The van der Waals surface area contributed by atoms with Crippen molar-refractivity contribution < 1.29 is 0 Å². The molecule has 0 bridgehead atoms. The van der Waals surface area contributed by atoms with Crippen molar-refractivity contribution in [2.24, 2.45) is 0 Å². The van der Waals surface area contributed by atoms with Crippen LogP contribution >= 0.6 is 0 Å². The Balaban J connectivity index is 1.16. The van der Waals surface area contributed by atoms with Crippen LogP contribution in [0.5, 0.6) is 0 Å². The maximum atomic E-state index is 5.07. The second-order valence-electron chi connectivity index (χ2n) is 14.1. The van der Waals surface area contributed by atoms with Gasteiger partial charge in [-0.15, -0.1) is 0 Å². The lowest BCUT2D eigenvalue weighted by molar-refractivity contribution is 1.07. The Hall–Kier alpha value is -7.63. The first-order valence-electron chi connectivity index (χ1n) is 18.9. The van der Waals surface area contributed by atoms with E-state index in [0.29, 0.717) is 17.5 Å².